The first-order valence-corrected chi connectivity index (χ1v) is 13.9. The number of anilines is 2. The van der Waals surface area contributed by atoms with Crippen LogP contribution in [0.25, 0.3) is 17.3 Å². The van der Waals surface area contributed by atoms with E-state index in [1.54, 1.807) is 0 Å². The minimum absolute atomic E-state index is 0.460. The largest absolute Gasteiger partial charge is 0.379 e. The van der Waals surface area contributed by atoms with Crippen LogP contribution in [-0.2, 0) is 16.1 Å². The molecule has 2 aromatic heterocycles. The molecule has 0 bridgehead atoms. The molecule has 1 unspecified atom stereocenters. The molecule has 0 saturated carbocycles. The number of carbonyl (C=O) groups is 1. The molecule has 2 N–H and O–H groups in total. The molecular weight excluding hydrogens is 488 g/mol. The molecule has 3 aliphatic heterocycles. The van der Waals surface area contributed by atoms with Crippen LogP contribution >= 0.6 is 0 Å². The van der Waals surface area contributed by atoms with Gasteiger partial charge in [0.2, 0.25) is 0 Å². The Labute approximate surface area is 230 Å². The summed E-state index contributed by atoms with van der Waals surface area (Å²) in [6.45, 7) is 6.51. The molecule has 1 aromatic carbocycles. The van der Waals surface area contributed by atoms with Crippen molar-refractivity contribution < 1.29 is 9.53 Å². The van der Waals surface area contributed by atoms with E-state index in [-0.39, 0.29) is 0 Å². The number of fused-ring (bicyclic) bond motifs is 1. The minimum Gasteiger partial charge on any atom is -0.379 e. The molecule has 39 heavy (non-hydrogen) atoms. The first kappa shape index (κ1) is 25.7. The number of likely N-dealkylation sites (tertiary alicyclic amines) is 1. The van der Waals surface area contributed by atoms with Crippen molar-refractivity contribution in [1.29, 1.82) is 0 Å². The molecule has 3 aliphatic rings. The molecule has 1 atom stereocenters. The summed E-state index contributed by atoms with van der Waals surface area (Å²) in [5.41, 5.74) is 7.10. The summed E-state index contributed by atoms with van der Waals surface area (Å²) in [5.74, 6) is 1.29. The lowest BCUT2D eigenvalue weighted by molar-refractivity contribution is -0.109. The average Bonchev–Trinajstić information content (AvgIpc) is 2.98. The molecule has 0 amide bonds. The van der Waals surface area contributed by atoms with Gasteiger partial charge in [-0.15, -0.1) is 0 Å². The number of nitrogens with one attached hydrogen (secondary N) is 2. The fraction of sp³-hybridized carbons (Fsp3) is 0.387. The zero-order chi connectivity index (χ0) is 26.6. The van der Waals surface area contributed by atoms with Crippen molar-refractivity contribution >= 4 is 23.9 Å². The second-order valence-corrected chi connectivity index (χ2v) is 10.8. The predicted molar refractivity (Wildman–Crippen MR) is 154 cm³/mol. The van der Waals surface area contributed by atoms with Crippen LogP contribution in [0.1, 0.15) is 47.1 Å². The number of hydrogen-bond donors (Lipinski definition) is 2. The number of nitrogens with zero attached hydrogens (tertiary/aromatic N) is 4. The molecule has 202 valence electrons. The number of piperidine rings is 1. The number of aromatic nitrogens is 2. The van der Waals surface area contributed by atoms with Crippen LogP contribution in [0.15, 0.2) is 55.0 Å². The lowest BCUT2D eigenvalue weighted by Gasteiger charge is -2.29. The Morgan fingerprint density at radius 2 is 1.87 bits per heavy atom. The Morgan fingerprint density at radius 1 is 1.08 bits per heavy atom. The van der Waals surface area contributed by atoms with Crippen LogP contribution in [0.2, 0.25) is 0 Å². The molecule has 6 rings (SSSR count). The van der Waals surface area contributed by atoms with Crippen molar-refractivity contribution in [2.75, 3.05) is 51.8 Å². The van der Waals surface area contributed by atoms with Gasteiger partial charge in [0.25, 0.3) is 0 Å². The molecule has 8 nitrogen and oxygen atoms in total. The van der Waals surface area contributed by atoms with Gasteiger partial charge in [0.1, 0.15) is 18.1 Å². The Balaban J connectivity index is 1.29. The number of hydrogen-bond acceptors (Lipinski definition) is 8. The van der Waals surface area contributed by atoms with E-state index in [0.717, 1.165) is 85.9 Å². The Kier molecular flexibility index (Phi) is 7.67. The number of rotatable bonds is 7. The summed E-state index contributed by atoms with van der Waals surface area (Å²) in [6.07, 6.45) is 10.9. The topological polar surface area (TPSA) is 82.6 Å². The van der Waals surface area contributed by atoms with Gasteiger partial charge in [-0.05, 0) is 92.1 Å². The quantitative estimate of drug-likeness (QED) is 0.442. The zero-order valence-corrected chi connectivity index (χ0v) is 22.5. The number of benzene rings is 1. The van der Waals surface area contributed by atoms with E-state index in [1.165, 1.54) is 18.4 Å². The highest BCUT2D eigenvalue weighted by atomic mass is 16.5. The molecule has 0 radical (unpaired) electrons. The molecule has 2 fully saturated rings. The van der Waals surface area contributed by atoms with Crippen molar-refractivity contribution in [3.05, 3.63) is 77.2 Å². The molecule has 8 heteroatoms. The number of aldehydes is 1. The normalized spacial score (nSPS) is 20.3. The first-order chi connectivity index (χ1) is 19.2. The molecular formula is C31H36N6O2. The molecule has 5 heterocycles. The van der Waals surface area contributed by atoms with Crippen molar-refractivity contribution in [3.8, 4) is 11.3 Å². The van der Waals surface area contributed by atoms with Crippen molar-refractivity contribution in [2.45, 2.75) is 31.3 Å². The third kappa shape index (κ3) is 5.88. The van der Waals surface area contributed by atoms with E-state index < -0.39 is 6.04 Å². The van der Waals surface area contributed by atoms with Gasteiger partial charge in [0, 0.05) is 48.8 Å². The van der Waals surface area contributed by atoms with Gasteiger partial charge in [-0.2, -0.15) is 0 Å². The van der Waals surface area contributed by atoms with Gasteiger partial charge in [-0.1, -0.05) is 12.1 Å². The summed E-state index contributed by atoms with van der Waals surface area (Å²) in [5, 5.41) is 6.69. The number of pyridine rings is 2. The number of ether oxygens (including phenoxy) is 1. The van der Waals surface area contributed by atoms with E-state index in [0.29, 0.717) is 11.7 Å². The monoisotopic (exact) mass is 524 g/mol. The third-order valence-corrected chi connectivity index (χ3v) is 8.04. The zero-order valence-electron chi connectivity index (χ0n) is 22.5. The Morgan fingerprint density at radius 3 is 2.64 bits per heavy atom. The maximum absolute atomic E-state index is 12.0. The number of morpholine rings is 1. The van der Waals surface area contributed by atoms with Crippen LogP contribution in [0.5, 0.6) is 0 Å². The minimum atomic E-state index is -0.460. The predicted octanol–water partition coefficient (Wildman–Crippen LogP) is 4.34. The highest BCUT2D eigenvalue weighted by molar-refractivity contribution is 5.80. The van der Waals surface area contributed by atoms with Crippen molar-refractivity contribution in [1.82, 2.24) is 25.1 Å². The van der Waals surface area contributed by atoms with Crippen LogP contribution in [0.4, 0.5) is 11.5 Å². The van der Waals surface area contributed by atoms with E-state index in [9.17, 15) is 4.79 Å². The molecule has 0 aliphatic carbocycles. The summed E-state index contributed by atoms with van der Waals surface area (Å²) in [4.78, 5) is 26.3. The van der Waals surface area contributed by atoms with Gasteiger partial charge in [-0.25, -0.2) is 4.98 Å². The van der Waals surface area contributed by atoms with E-state index >= 15 is 0 Å². The second kappa shape index (κ2) is 11.7. The van der Waals surface area contributed by atoms with Crippen molar-refractivity contribution in [2.24, 2.45) is 0 Å². The molecule has 0 spiro atoms. The summed E-state index contributed by atoms with van der Waals surface area (Å²) in [6, 6.07) is 12.5. The smallest absolute Gasteiger partial charge is 0.146 e. The van der Waals surface area contributed by atoms with Gasteiger partial charge in [0.15, 0.2) is 0 Å². The standard InChI is InChI=1S/C31H36N6O2/c1-36-10-7-24(8-11-36)23-2-4-27(5-3-23)34-31-30-25(6-9-33-29(30)21-38)17-28(35-31)26-16-22(18-32-19-26)20-37-12-14-39-15-13-37/h2-6,9,16-19,21,24,29,33H,7-8,10-15,20H2,1H3,(H,34,35). The van der Waals surface area contributed by atoms with Crippen LogP contribution in [0, 0.1) is 0 Å². The highest BCUT2D eigenvalue weighted by Gasteiger charge is 2.24. The van der Waals surface area contributed by atoms with Crippen molar-refractivity contribution in [3.63, 3.8) is 0 Å². The maximum Gasteiger partial charge on any atom is 0.146 e. The fourth-order valence-electron chi connectivity index (χ4n) is 5.76. The Bertz CT molecular complexity index is 1330. The maximum atomic E-state index is 12.0. The van der Waals surface area contributed by atoms with E-state index in [2.05, 4.69) is 62.8 Å². The molecule has 2 saturated heterocycles. The Hall–Kier alpha value is -3.59. The lowest BCUT2D eigenvalue weighted by atomic mass is 9.89. The first-order valence-electron chi connectivity index (χ1n) is 13.9. The van der Waals surface area contributed by atoms with Crippen LogP contribution in [-0.4, -0.2) is 72.5 Å². The van der Waals surface area contributed by atoms with E-state index in [1.807, 2.05) is 30.7 Å². The van der Waals surface area contributed by atoms with Gasteiger partial charge < -0.3 is 25.1 Å². The van der Waals surface area contributed by atoms with Gasteiger partial charge in [0.05, 0.1) is 18.9 Å². The summed E-state index contributed by atoms with van der Waals surface area (Å²) < 4.78 is 5.49. The van der Waals surface area contributed by atoms with Crippen LogP contribution in [0.3, 0.4) is 0 Å². The van der Waals surface area contributed by atoms with Crippen LogP contribution < -0.4 is 10.6 Å². The number of carbonyl (C=O) groups excluding carboxylic acids is 1. The molecule has 3 aromatic rings. The van der Waals surface area contributed by atoms with E-state index in [4.69, 9.17) is 9.72 Å². The third-order valence-electron chi connectivity index (χ3n) is 8.04. The summed E-state index contributed by atoms with van der Waals surface area (Å²) in [7, 11) is 2.19. The van der Waals surface area contributed by atoms with Gasteiger partial charge >= 0.3 is 0 Å². The SMILES string of the molecule is CN1CCC(c2ccc(Nc3nc(-c4cncc(CN5CCOCC5)c4)cc4c3C(C=O)NC=C4)cc2)CC1. The highest BCUT2D eigenvalue weighted by Crippen LogP contribution is 2.35. The lowest BCUT2D eigenvalue weighted by Crippen LogP contribution is -2.35. The second-order valence-electron chi connectivity index (χ2n) is 10.8. The van der Waals surface area contributed by atoms with Gasteiger partial charge in [-0.3, -0.25) is 9.88 Å². The fourth-order valence-corrected chi connectivity index (χ4v) is 5.76. The average molecular weight is 525 g/mol. The summed E-state index contributed by atoms with van der Waals surface area (Å²) >= 11 is 0.